The van der Waals surface area contributed by atoms with Gasteiger partial charge in [0.05, 0.1) is 11.1 Å². The van der Waals surface area contributed by atoms with Crippen LogP contribution in [0.25, 0.3) is 0 Å². The van der Waals surface area contributed by atoms with Crippen molar-refractivity contribution in [2.45, 2.75) is 38.7 Å². The van der Waals surface area contributed by atoms with Crippen molar-refractivity contribution in [3.05, 3.63) is 56.5 Å². The molecule has 0 bridgehead atoms. The first-order valence-corrected chi connectivity index (χ1v) is 7.69. The maximum Gasteiger partial charge on any atom is 0.142 e. The zero-order chi connectivity index (χ0) is 14.9. The van der Waals surface area contributed by atoms with Crippen molar-refractivity contribution in [1.29, 1.82) is 0 Å². The Hall–Kier alpha value is -0.900. The molecule has 4 heteroatoms. The van der Waals surface area contributed by atoms with Gasteiger partial charge in [0.2, 0.25) is 0 Å². The minimum absolute atomic E-state index is 0.0686. The molecule has 1 aromatic heterocycles. The molecule has 0 fully saturated rings. The summed E-state index contributed by atoms with van der Waals surface area (Å²) in [5.41, 5.74) is 0.698. The van der Waals surface area contributed by atoms with Crippen molar-refractivity contribution in [3.8, 4) is 0 Å². The quantitative estimate of drug-likeness (QED) is 0.834. The van der Waals surface area contributed by atoms with Gasteiger partial charge in [0, 0.05) is 16.2 Å². The number of hydrogen-bond acceptors (Lipinski definition) is 2. The van der Waals surface area contributed by atoms with E-state index < -0.39 is 11.9 Å². The number of aliphatic hydroxyl groups excluding tert-OH is 1. The van der Waals surface area contributed by atoms with Crippen LogP contribution in [0.5, 0.6) is 0 Å². The summed E-state index contributed by atoms with van der Waals surface area (Å²) in [5.74, 6) is -0.446. The zero-order valence-electron chi connectivity index (χ0n) is 11.8. The first-order chi connectivity index (χ1) is 9.29. The van der Waals surface area contributed by atoms with Crippen molar-refractivity contribution >= 4 is 22.9 Å². The molecule has 2 aromatic rings. The molecule has 1 nitrogen and oxygen atoms in total. The van der Waals surface area contributed by atoms with Crippen LogP contribution in [0.2, 0.25) is 5.02 Å². The normalized spacial score (nSPS) is 13.5. The third-order valence-electron chi connectivity index (χ3n) is 3.14. The highest BCUT2D eigenvalue weighted by Gasteiger charge is 2.19. The van der Waals surface area contributed by atoms with Gasteiger partial charge in [-0.3, -0.25) is 0 Å². The third kappa shape index (κ3) is 3.40. The molecule has 1 atom stereocenters. The molecule has 1 aromatic carbocycles. The highest BCUT2D eigenvalue weighted by Crippen LogP contribution is 2.34. The van der Waals surface area contributed by atoms with E-state index in [0.29, 0.717) is 12.0 Å². The van der Waals surface area contributed by atoms with Crippen LogP contribution in [0, 0.1) is 5.82 Å². The SMILES string of the molecule is CC(C)(C)c1ccc(C(O)Cc2cccc(F)c2Cl)s1. The molecule has 0 saturated carbocycles. The predicted octanol–water partition coefficient (Wildman–Crippen LogP) is 5.11. The lowest BCUT2D eigenvalue weighted by molar-refractivity contribution is 0.182. The molecule has 1 heterocycles. The monoisotopic (exact) mass is 312 g/mol. The summed E-state index contributed by atoms with van der Waals surface area (Å²) in [6.45, 7) is 6.41. The minimum Gasteiger partial charge on any atom is -0.387 e. The summed E-state index contributed by atoms with van der Waals surface area (Å²) in [6, 6.07) is 8.64. The lowest BCUT2D eigenvalue weighted by Gasteiger charge is -2.16. The fraction of sp³-hybridized carbons (Fsp3) is 0.375. The van der Waals surface area contributed by atoms with Crippen LogP contribution in [0.1, 0.15) is 42.2 Å². The van der Waals surface area contributed by atoms with Gasteiger partial charge in [-0.1, -0.05) is 44.5 Å². The maximum atomic E-state index is 13.4. The smallest absolute Gasteiger partial charge is 0.142 e. The Morgan fingerprint density at radius 1 is 1.25 bits per heavy atom. The molecule has 0 amide bonds. The van der Waals surface area contributed by atoms with Crippen LogP contribution in [-0.4, -0.2) is 5.11 Å². The fourth-order valence-corrected chi connectivity index (χ4v) is 3.20. The molecule has 0 aliphatic rings. The van der Waals surface area contributed by atoms with Gasteiger partial charge < -0.3 is 5.11 Å². The Morgan fingerprint density at radius 2 is 1.95 bits per heavy atom. The van der Waals surface area contributed by atoms with E-state index in [-0.39, 0.29) is 10.4 Å². The van der Waals surface area contributed by atoms with E-state index in [9.17, 15) is 9.50 Å². The van der Waals surface area contributed by atoms with Gasteiger partial charge in [0.1, 0.15) is 5.82 Å². The van der Waals surface area contributed by atoms with E-state index in [0.717, 1.165) is 4.88 Å². The van der Waals surface area contributed by atoms with E-state index in [2.05, 4.69) is 20.8 Å². The number of benzene rings is 1. The van der Waals surface area contributed by atoms with Crippen molar-refractivity contribution in [3.63, 3.8) is 0 Å². The van der Waals surface area contributed by atoms with E-state index >= 15 is 0 Å². The summed E-state index contributed by atoms with van der Waals surface area (Å²) in [6.07, 6.45) is -0.337. The van der Waals surface area contributed by atoms with Crippen LogP contribution < -0.4 is 0 Å². The van der Waals surface area contributed by atoms with E-state index in [1.807, 2.05) is 12.1 Å². The fourth-order valence-electron chi connectivity index (χ4n) is 1.95. The zero-order valence-corrected chi connectivity index (χ0v) is 13.4. The summed E-state index contributed by atoms with van der Waals surface area (Å²) in [4.78, 5) is 2.10. The van der Waals surface area contributed by atoms with E-state index in [1.165, 1.54) is 10.9 Å². The van der Waals surface area contributed by atoms with Crippen LogP contribution in [0.3, 0.4) is 0 Å². The van der Waals surface area contributed by atoms with Crippen LogP contribution in [0.15, 0.2) is 30.3 Å². The predicted molar refractivity (Wildman–Crippen MR) is 83.1 cm³/mol. The average molecular weight is 313 g/mol. The lowest BCUT2D eigenvalue weighted by Crippen LogP contribution is -2.08. The Balaban J connectivity index is 2.18. The lowest BCUT2D eigenvalue weighted by atomic mass is 9.95. The standard InChI is InChI=1S/C16H18ClFOS/c1-16(2,3)14-8-7-13(20-14)12(19)9-10-5-4-6-11(18)15(10)17/h4-8,12,19H,9H2,1-3H3. The molecule has 108 valence electrons. The van der Waals surface area contributed by atoms with E-state index in [4.69, 9.17) is 11.6 Å². The largest absolute Gasteiger partial charge is 0.387 e. The second kappa shape index (κ2) is 5.84. The van der Waals surface area contributed by atoms with Crippen molar-refractivity contribution in [2.75, 3.05) is 0 Å². The molecule has 0 radical (unpaired) electrons. The topological polar surface area (TPSA) is 20.2 Å². The van der Waals surface area contributed by atoms with Crippen molar-refractivity contribution < 1.29 is 9.50 Å². The number of rotatable bonds is 3. The summed E-state index contributed by atoms with van der Waals surface area (Å²) in [5, 5.41) is 10.4. The highest BCUT2D eigenvalue weighted by atomic mass is 35.5. The molecule has 0 aliphatic carbocycles. The summed E-state index contributed by atoms with van der Waals surface area (Å²) in [7, 11) is 0. The molecule has 0 spiro atoms. The van der Waals surface area contributed by atoms with Crippen LogP contribution in [0.4, 0.5) is 4.39 Å². The number of halogens is 2. The van der Waals surface area contributed by atoms with Crippen LogP contribution in [-0.2, 0) is 11.8 Å². The van der Waals surface area contributed by atoms with Gasteiger partial charge in [0.25, 0.3) is 0 Å². The Kier molecular flexibility index (Phi) is 4.52. The first-order valence-electron chi connectivity index (χ1n) is 6.50. The molecule has 0 saturated heterocycles. The Morgan fingerprint density at radius 3 is 2.55 bits per heavy atom. The number of hydrogen-bond donors (Lipinski definition) is 1. The Labute approximate surface area is 128 Å². The van der Waals surface area contributed by atoms with Crippen LogP contribution >= 0.6 is 22.9 Å². The molecule has 20 heavy (non-hydrogen) atoms. The second-order valence-corrected chi connectivity index (χ2v) is 7.38. The van der Waals surface area contributed by atoms with Gasteiger partial charge in [-0.15, -0.1) is 11.3 Å². The van der Waals surface area contributed by atoms with Gasteiger partial charge in [0.15, 0.2) is 0 Å². The molecule has 2 rings (SSSR count). The second-order valence-electron chi connectivity index (χ2n) is 5.88. The number of thiophene rings is 1. The molecule has 1 N–H and O–H groups in total. The minimum atomic E-state index is -0.657. The third-order valence-corrected chi connectivity index (χ3v) is 5.17. The molecular formula is C16H18ClFOS. The van der Waals surface area contributed by atoms with Gasteiger partial charge in [-0.25, -0.2) is 4.39 Å². The van der Waals surface area contributed by atoms with E-state index in [1.54, 1.807) is 23.5 Å². The summed E-state index contributed by atoms with van der Waals surface area (Å²) >= 11 is 7.51. The highest BCUT2D eigenvalue weighted by molar-refractivity contribution is 7.12. The molecule has 0 aliphatic heterocycles. The first kappa shape index (κ1) is 15.5. The van der Waals surface area contributed by atoms with Gasteiger partial charge >= 0.3 is 0 Å². The average Bonchev–Trinajstić information content (AvgIpc) is 2.84. The van der Waals surface area contributed by atoms with Crippen molar-refractivity contribution in [1.82, 2.24) is 0 Å². The molecular weight excluding hydrogens is 295 g/mol. The molecule has 1 unspecified atom stereocenters. The van der Waals surface area contributed by atoms with Crippen molar-refractivity contribution in [2.24, 2.45) is 0 Å². The Bertz CT molecular complexity index is 601. The number of aliphatic hydroxyl groups is 1. The maximum absolute atomic E-state index is 13.4. The van der Waals surface area contributed by atoms with Gasteiger partial charge in [-0.2, -0.15) is 0 Å². The van der Waals surface area contributed by atoms with Gasteiger partial charge in [-0.05, 0) is 29.2 Å². The summed E-state index contributed by atoms with van der Waals surface area (Å²) < 4.78 is 13.4.